The Morgan fingerprint density at radius 1 is 1.62 bits per heavy atom. The number of aliphatic hydroxyl groups excluding tert-OH is 1. The number of methoxy groups -OCH3 is 1. The molecule has 0 heterocycles. The van der Waals surface area contributed by atoms with Gasteiger partial charge in [-0.15, -0.1) is 0 Å². The second-order valence-electron chi connectivity index (χ2n) is 3.22. The molecule has 0 aliphatic rings. The molecule has 6 N–H and O–H groups in total. The van der Waals surface area contributed by atoms with Crippen molar-refractivity contribution in [1.82, 2.24) is 0 Å². The SMILES string of the molecule is COc1cccc(NCC(O)C(N)=O)c1N. The minimum atomic E-state index is -1.24. The van der Waals surface area contributed by atoms with Crippen molar-refractivity contribution in [3.63, 3.8) is 0 Å². The van der Waals surface area contributed by atoms with Crippen LogP contribution in [-0.4, -0.2) is 30.8 Å². The number of rotatable bonds is 5. The number of carbonyl (C=O) groups is 1. The topological polar surface area (TPSA) is 111 Å². The highest BCUT2D eigenvalue weighted by molar-refractivity contribution is 5.80. The molecule has 6 heteroatoms. The van der Waals surface area contributed by atoms with Crippen molar-refractivity contribution < 1.29 is 14.6 Å². The Labute approximate surface area is 93.2 Å². The number of para-hydroxylation sites is 1. The first-order chi connectivity index (χ1) is 7.56. The standard InChI is InChI=1S/C10H15N3O3/c1-16-8-4-2-3-6(9(8)11)13-5-7(14)10(12)15/h2-4,7,13-14H,5,11H2,1H3,(H2,12,15). The van der Waals surface area contributed by atoms with E-state index >= 15 is 0 Å². The normalized spacial score (nSPS) is 11.9. The molecule has 1 unspecified atom stereocenters. The van der Waals surface area contributed by atoms with E-state index in [2.05, 4.69) is 5.32 Å². The van der Waals surface area contributed by atoms with Gasteiger partial charge in [-0.25, -0.2) is 0 Å². The molecule has 0 aromatic heterocycles. The van der Waals surface area contributed by atoms with Gasteiger partial charge in [-0.3, -0.25) is 4.79 Å². The highest BCUT2D eigenvalue weighted by Crippen LogP contribution is 2.28. The molecule has 0 saturated heterocycles. The number of benzene rings is 1. The lowest BCUT2D eigenvalue weighted by Crippen LogP contribution is -2.34. The lowest BCUT2D eigenvalue weighted by atomic mass is 10.2. The number of aliphatic hydroxyl groups is 1. The minimum absolute atomic E-state index is 0.00665. The Morgan fingerprint density at radius 3 is 2.88 bits per heavy atom. The fraction of sp³-hybridized carbons (Fsp3) is 0.300. The van der Waals surface area contributed by atoms with Crippen LogP contribution in [0.3, 0.4) is 0 Å². The molecule has 6 nitrogen and oxygen atoms in total. The Balaban J connectivity index is 2.71. The minimum Gasteiger partial charge on any atom is -0.495 e. The summed E-state index contributed by atoms with van der Waals surface area (Å²) in [5.41, 5.74) is 11.7. The predicted molar refractivity (Wildman–Crippen MR) is 61.1 cm³/mol. The van der Waals surface area contributed by atoms with Crippen molar-refractivity contribution in [3.8, 4) is 5.75 Å². The number of primary amides is 1. The van der Waals surface area contributed by atoms with E-state index < -0.39 is 12.0 Å². The molecule has 1 aromatic rings. The van der Waals surface area contributed by atoms with Gasteiger partial charge in [0.05, 0.1) is 18.5 Å². The van der Waals surface area contributed by atoms with Gasteiger partial charge in [-0.1, -0.05) is 6.07 Å². The van der Waals surface area contributed by atoms with E-state index in [4.69, 9.17) is 16.2 Å². The van der Waals surface area contributed by atoms with Crippen molar-refractivity contribution >= 4 is 17.3 Å². The average molecular weight is 225 g/mol. The van der Waals surface area contributed by atoms with Crippen LogP contribution >= 0.6 is 0 Å². The first-order valence-corrected chi connectivity index (χ1v) is 4.70. The van der Waals surface area contributed by atoms with E-state index in [0.29, 0.717) is 17.1 Å². The fourth-order valence-electron chi connectivity index (χ4n) is 1.18. The van der Waals surface area contributed by atoms with E-state index in [0.717, 1.165) is 0 Å². The van der Waals surface area contributed by atoms with E-state index in [9.17, 15) is 9.90 Å². The average Bonchev–Trinajstić information content (AvgIpc) is 2.27. The predicted octanol–water partition coefficient (Wildman–Crippen LogP) is -0.465. The van der Waals surface area contributed by atoms with Gasteiger partial charge in [0.25, 0.3) is 0 Å². The number of ether oxygens (including phenoxy) is 1. The number of nitrogen functional groups attached to an aromatic ring is 1. The second-order valence-corrected chi connectivity index (χ2v) is 3.22. The van der Waals surface area contributed by atoms with Crippen molar-refractivity contribution in [1.29, 1.82) is 0 Å². The van der Waals surface area contributed by atoms with Crippen molar-refractivity contribution in [2.75, 3.05) is 24.7 Å². The van der Waals surface area contributed by atoms with Crippen molar-refractivity contribution in [2.45, 2.75) is 6.10 Å². The molecular formula is C10H15N3O3. The molecule has 88 valence electrons. The molecule has 0 bridgehead atoms. The molecule has 0 saturated carbocycles. The molecule has 0 aliphatic carbocycles. The van der Waals surface area contributed by atoms with Crippen LogP contribution in [0.4, 0.5) is 11.4 Å². The number of nitrogens with two attached hydrogens (primary N) is 2. The summed E-state index contributed by atoms with van der Waals surface area (Å²) in [5.74, 6) is -0.257. The third-order valence-corrected chi connectivity index (χ3v) is 2.10. The number of hydrogen-bond donors (Lipinski definition) is 4. The highest BCUT2D eigenvalue weighted by Gasteiger charge is 2.11. The van der Waals surface area contributed by atoms with E-state index in [1.54, 1.807) is 18.2 Å². The second kappa shape index (κ2) is 5.22. The Bertz CT molecular complexity index is 382. The van der Waals surface area contributed by atoms with Crippen LogP contribution in [0, 0.1) is 0 Å². The van der Waals surface area contributed by atoms with Gasteiger partial charge >= 0.3 is 0 Å². The lowest BCUT2D eigenvalue weighted by molar-refractivity contribution is -0.125. The third-order valence-electron chi connectivity index (χ3n) is 2.10. The summed E-state index contributed by atoms with van der Waals surface area (Å²) in [6.07, 6.45) is -1.24. The zero-order chi connectivity index (χ0) is 12.1. The molecule has 1 rings (SSSR count). The number of hydrogen-bond acceptors (Lipinski definition) is 5. The lowest BCUT2D eigenvalue weighted by Gasteiger charge is -2.13. The molecule has 16 heavy (non-hydrogen) atoms. The smallest absolute Gasteiger partial charge is 0.248 e. The number of anilines is 2. The van der Waals surface area contributed by atoms with E-state index in [1.807, 2.05) is 0 Å². The summed E-state index contributed by atoms with van der Waals surface area (Å²) in [4.78, 5) is 10.6. The molecule has 1 amide bonds. The first-order valence-electron chi connectivity index (χ1n) is 4.70. The van der Waals surface area contributed by atoms with Gasteiger partial charge < -0.3 is 26.6 Å². The van der Waals surface area contributed by atoms with Gasteiger partial charge in [-0.2, -0.15) is 0 Å². The van der Waals surface area contributed by atoms with E-state index in [-0.39, 0.29) is 6.54 Å². The molecular weight excluding hydrogens is 210 g/mol. The van der Waals surface area contributed by atoms with Crippen LogP contribution in [0.5, 0.6) is 5.75 Å². The largest absolute Gasteiger partial charge is 0.495 e. The zero-order valence-electron chi connectivity index (χ0n) is 8.93. The van der Waals surface area contributed by atoms with Gasteiger partial charge in [-0.05, 0) is 12.1 Å². The molecule has 1 atom stereocenters. The molecule has 0 spiro atoms. The fourth-order valence-corrected chi connectivity index (χ4v) is 1.18. The summed E-state index contributed by atoms with van der Waals surface area (Å²) in [6, 6.07) is 5.17. The number of nitrogens with one attached hydrogen (secondary N) is 1. The van der Waals surface area contributed by atoms with Crippen LogP contribution in [0.15, 0.2) is 18.2 Å². The van der Waals surface area contributed by atoms with Gasteiger partial charge in [0, 0.05) is 6.54 Å². The molecule has 0 radical (unpaired) electrons. The Kier molecular flexibility index (Phi) is 3.96. The summed E-state index contributed by atoms with van der Waals surface area (Å²) in [5, 5.41) is 12.0. The maximum atomic E-state index is 10.6. The molecule has 0 aliphatic heterocycles. The van der Waals surface area contributed by atoms with Crippen LogP contribution < -0.4 is 21.5 Å². The van der Waals surface area contributed by atoms with Crippen LogP contribution in [0.2, 0.25) is 0 Å². The molecule has 0 fully saturated rings. The van der Waals surface area contributed by atoms with Crippen LogP contribution in [0.1, 0.15) is 0 Å². The maximum absolute atomic E-state index is 10.6. The number of carbonyl (C=O) groups excluding carboxylic acids is 1. The van der Waals surface area contributed by atoms with Crippen LogP contribution in [-0.2, 0) is 4.79 Å². The number of amides is 1. The maximum Gasteiger partial charge on any atom is 0.248 e. The van der Waals surface area contributed by atoms with E-state index in [1.165, 1.54) is 7.11 Å². The monoisotopic (exact) mass is 225 g/mol. The quantitative estimate of drug-likeness (QED) is 0.506. The summed E-state index contributed by atoms with van der Waals surface area (Å²) >= 11 is 0. The first kappa shape index (κ1) is 12.1. The van der Waals surface area contributed by atoms with Gasteiger partial charge in [0.1, 0.15) is 11.9 Å². The Morgan fingerprint density at radius 2 is 2.31 bits per heavy atom. The third kappa shape index (κ3) is 2.77. The van der Waals surface area contributed by atoms with Crippen molar-refractivity contribution in [2.24, 2.45) is 5.73 Å². The van der Waals surface area contributed by atoms with Gasteiger partial charge in [0.2, 0.25) is 5.91 Å². The summed E-state index contributed by atoms with van der Waals surface area (Å²) in [6.45, 7) is 0.00665. The van der Waals surface area contributed by atoms with Gasteiger partial charge in [0.15, 0.2) is 0 Å². The zero-order valence-corrected chi connectivity index (χ0v) is 8.93. The highest BCUT2D eigenvalue weighted by atomic mass is 16.5. The summed E-state index contributed by atoms with van der Waals surface area (Å²) in [7, 11) is 1.51. The summed E-state index contributed by atoms with van der Waals surface area (Å²) < 4.78 is 5.02. The van der Waals surface area contributed by atoms with Crippen LogP contribution in [0.25, 0.3) is 0 Å². The Hall–Kier alpha value is -1.95. The van der Waals surface area contributed by atoms with Crippen molar-refractivity contribution in [3.05, 3.63) is 18.2 Å². The molecule has 1 aromatic carbocycles.